The van der Waals surface area contributed by atoms with Gasteiger partial charge in [0.15, 0.2) is 10.4 Å². The van der Waals surface area contributed by atoms with Crippen molar-refractivity contribution in [2.45, 2.75) is 12.8 Å². The topological polar surface area (TPSA) is 72.6 Å². The molecular formula is C10H11BrClN7. The second-order valence-electron chi connectivity index (χ2n) is 4.27. The van der Waals surface area contributed by atoms with E-state index < -0.39 is 0 Å². The van der Waals surface area contributed by atoms with Crippen molar-refractivity contribution in [3.8, 4) is 11.5 Å². The highest BCUT2D eigenvalue weighted by Crippen LogP contribution is 2.25. The maximum absolute atomic E-state index is 6.00. The minimum absolute atomic E-state index is 0.181. The molecule has 100 valence electrons. The van der Waals surface area contributed by atoms with E-state index in [2.05, 4.69) is 46.1 Å². The Morgan fingerprint density at radius 1 is 1.16 bits per heavy atom. The van der Waals surface area contributed by atoms with Gasteiger partial charge in [0.2, 0.25) is 11.2 Å². The molecule has 0 unspecified atom stereocenters. The van der Waals surface area contributed by atoms with Gasteiger partial charge in [-0.1, -0.05) is 5.21 Å². The fraction of sp³-hybridized carbons (Fsp3) is 0.500. The van der Waals surface area contributed by atoms with E-state index in [0.29, 0.717) is 22.1 Å². The van der Waals surface area contributed by atoms with E-state index >= 15 is 0 Å². The molecular weight excluding hydrogens is 334 g/mol. The van der Waals surface area contributed by atoms with Crippen molar-refractivity contribution >= 4 is 33.5 Å². The van der Waals surface area contributed by atoms with Gasteiger partial charge in [-0.2, -0.15) is 15.0 Å². The van der Waals surface area contributed by atoms with Gasteiger partial charge in [0.25, 0.3) is 0 Å². The van der Waals surface area contributed by atoms with Gasteiger partial charge in [-0.25, -0.2) is 4.68 Å². The van der Waals surface area contributed by atoms with Crippen LogP contribution in [-0.2, 0) is 7.05 Å². The molecule has 2 aromatic heterocycles. The fourth-order valence-electron chi connectivity index (χ4n) is 2.07. The van der Waals surface area contributed by atoms with Gasteiger partial charge in [-0.15, -0.1) is 5.10 Å². The summed E-state index contributed by atoms with van der Waals surface area (Å²) in [6.45, 7) is 1.90. The van der Waals surface area contributed by atoms with Crippen LogP contribution in [-0.4, -0.2) is 43.0 Å². The highest BCUT2D eigenvalue weighted by Gasteiger charge is 2.20. The zero-order valence-corrected chi connectivity index (χ0v) is 12.6. The zero-order valence-electron chi connectivity index (χ0n) is 10.2. The fourth-order valence-corrected chi connectivity index (χ4v) is 2.73. The van der Waals surface area contributed by atoms with Crippen LogP contribution in [0.2, 0.25) is 5.28 Å². The smallest absolute Gasteiger partial charge is 0.230 e. The van der Waals surface area contributed by atoms with Crippen LogP contribution in [0, 0.1) is 0 Å². The van der Waals surface area contributed by atoms with Crippen molar-refractivity contribution in [1.82, 2.24) is 29.9 Å². The molecule has 0 radical (unpaired) electrons. The van der Waals surface area contributed by atoms with Crippen molar-refractivity contribution in [1.29, 1.82) is 0 Å². The number of hydrogen-bond acceptors (Lipinski definition) is 6. The summed E-state index contributed by atoms with van der Waals surface area (Å²) in [4.78, 5) is 14.9. The van der Waals surface area contributed by atoms with Gasteiger partial charge in [0.05, 0.1) is 0 Å². The van der Waals surface area contributed by atoms with Crippen molar-refractivity contribution in [2.24, 2.45) is 7.05 Å². The van der Waals surface area contributed by atoms with Crippen molar-refractivity contribution < 1.29 is 0 Å². The predicted molar refractivity (Wildman–Crippen MR) is 74.0 cm³/mol. The SMILES string of the molecule is Cn1nnc(Br)c1-c1nc(Cl)nc(N2CCCC2)n1. The molecule has 3 rings (SSSR count). The van der Waals surface area contributed by atoms with Crippen LogP contribution in [0.5, 0.6) is 0 Å². The third-order valence-corrected chi connectivity index (χ3v) is 3.69. The third-order valence-electron chi connectivity index (χ3n) is 2.98. The van der Waals surface area contributed by atoms with E-state index in [4.69, 9.17) is 11.6 Å². The summed E-state index contributed by atoms with van der Waals surface area (Å²) < 4.78 is 2.19. The Morgan fingerprint density at radius 3 is 2.53 bits per heavy atom. The molecule has 2 aromatic rings. The molecule has 0 atom stereocenters. The molecule has 1 aliphatic heterocycles. The van der Waals surface area contributed by atoms with Gasteiger partial charge < -0.3 is 4.90 Å². The Labute approximate surface area is 123 Å². The second-order valence-corrected chi connectivity index (χ2v) is 5.36. The minimum Gasteiger partial charge on any atom is -0.341 e. The first kappa shape index (κ1) is 12.7. The lowest BCUT2D eigenvalue weighted by molar-refractivity contribution is 0.715. The number of aromatic nitrogens is 6. The maximum Gasteiger partial charge on any atom is 0.230 e. The predicted octanol–water partition coefficient (Wildman–Crippen LogP) is 1.68. The number of halogens is 2. The lowest BCUT2D eigenvalue weighted by atomic mass is 10.4. The van der Waals surface area contributed by atoms with Crippen molar-refractivity contribution in [3.05, 3.63) is 9.89 Å². The summed E-state index contributed by atoms with van der Waals surface area (Å²) in [7, 11) is 1.78. The molecule has 1 fully saturated rings. The molecule has 3 heterocycles. The molecule has 0 saturated carbocycles. The van der Waals surface area contributed by atoms with Gasteiger partial charge in [0.1, 0.15) is 5.69 Å². The van der Waals surface area contributed by atoms with E-state index in [0.717, 1.165) is 25.9 Å². The second kappa shape index (κ2) is 5.01. The van der Waals surface area contributed by atoms with Crippen LogP contribution in [0.1, 0.15) is 12.8 Å². The standard InChI is InChI=1S/C10H11BrClN7/c1-18-6(7(11)16-17-18)8-13-9(12)15-10(14-8)19-4-2-3-5-19/h2-5H2,1H3. The molecule has 0 amide bonds. The Morgan fingerprint density at radius 2 is 1.89 bits per heavy atom. The largest absolute Gasteiger partial charge is 0.341 e. The Balaban J connectivity index is 2.07. The van der Waals surface area contributed by atoms with Crippen molar-refractivity contribution in [3.63, 3.8) is 0 Å². The first-order valence-corrected chi connectivity index (χ1v) is 7.04. The normalized spacial score (nSPS) is 15.2. The van der Waals surface area contributed by atoms with E-state index in [1.54, 1.807) is 11.7 Å². The molecule has 19 heavy (non-hydrogen) atoms. The average molecular weight is 345 g/mol. The summed E-state index contributed by atoms with van der Waals surface area (Å²) in [5.74, 6) is 1.09. The molecule has 0 aliphatic carbocycles. The van der Waals surface area contributed by atoms with E-state index in [9.17, 15) is 0 Å². The van der Waals surface area contributed by atoms with Gasteiger partial charge in [-0.3, -0.25) is 0 Å². The van der Waals surface area contributed by atoms with Gasteiger partial charge in [0, 0.05) is 20.1 Å². The van der Waals surface area contributed by atoms with Gasteiger partial charge in [-0.05, 0) is 40.4 Å². The van der Waals surface area contributed by atoms with Crippen LogP contribution in [0.3, 0.4) is 0 Å². The number of anilines is 1. The molecule has 1 aliphatic rings. The molecule has 0 bridgehead atoms. The quantitative estimate of drug-likeness (QED) is 0.825. The van der Waals surface area contributed by atoms with E-state index in [1.807, 2.05) is 0 Å². The Kier molecular flexibility index (Phi) is 3.36. The number of aryl methyl sites for hydroxylation is 1. The summed E-state index contributed by atoms with van der Waals surface area (Å²) >= 11 is 9.33. The molecule has 0 spiro atoms. The summed E-state index contributed by atoms with van der Waals surface area (Å²) in [6.07, 6.45) is 2.30. The summed E-state index contributed by atoms with van der Waals surface area (Å²) in [6, 6.07) is 0. The van der Waals surface area contributed by atoms with Crippen LogP contribution in [0.4, 0.5) is 5.95 Å². The molecule has 0 aromatic carbocycles. The highest BCUT2D eigenvalue weighted by atomic mass is 79.9. The first-order chi connectivity index (χ1) is 9.15. The van der Waals surface area contributed by atoms with Crippen molar-refractivity contribution in [2.75, 3.05) is 18.0 Å². The first-order valence-electron chi connectivity index (χ1n) is 5.87. The van der Waals surface area contributed by atoms with Crippen LogP contribution >= 0.6 is 27.5 Å². The summed E-state index contributed by atoms with van der Waals surface area (Å²) in [5.41, 5.74) is 0.685. The lowest BCUT2D eigenvalue weighted by Crippen LogP contribution is -2.21. The lowest BCUT2D eigenvalue weighted by Gasteiger charge is -2.15. The van der Waals surface area contributed by atoms with Gasteiger partial charge >= 0.3 is 0 Å². The molecule has 9 heteroatoms. The number of nitrogens with zero attached hydrogens (tertiary/aromatic N) is 7. The molecule has 0 N–H and O–H groups in total. The highest BCUT2D eigenvalue weighted by molar-refractivity contribution is 9.10. The number of hydrogen-bond donors (Lipinski definition) is 0. The Bertz CT molecular complexity index is 588. The van der Waals surface area contributed by atoms with Crippen LogP contribution in [0.15, 0.2) is 4.60 Å². The molecule has 7 nitrogen and oxygen atoms in total. The average Bonchev–Trinajstić information content (AvgIpc) is 2.99. The monoisotopic (exact) mass is 343 g/mol. The van der Waals surface area contributed by atoms with E-state index in [-0.39, 0.29) is 5.28 Å². The number of rotatable bonds is 2. The van der Waals surface area contributed by atoms with Crippen LogP contribution < -0.4 is 4.90 Å². The maximum atomic E-state index is 6.00. The zero-order chi connectivity index (χ0) is 13.4. The van der Waals surface area contributed by atoms with E-state index in [1.165, 1.54) is 0 Å². The molecule has 1 saturated heterocycles. The van der Waals surface area contributed by atoms with Crippen LogP contribution in [0.25, 0.3) is 11.5 Å². The Hall–Kier alpha value is -1.28. The third kappa shape index (κ3) is 2.42. The minimum atomic E-state index is 0.181. The summed E-state index contributed by atoms with van der Waals surface area (Å²) in [5, 5.41) is 8.01.